The van der Waals surface area contributed by atoms with Crippen molar-refractivity contribution in [2.75, 3.05) is 13.2 Å². The van der Waals surface area contributed by atoms with Crippen LogP contribution in [-0.4, -0.2) is 30.1 Å². The highest BCUT2D eigenvalue weighted by Gasteiger charge is 2.04. The molecule has 0 saturated carbocycles. The second-order valence-corrected chi connectivity index (χ2v) is 4.29. The van der Waals surface area contributed by atoms with E-state index in [0.29, 0.717) is 25.1 Å². The topological polar surface area (TPSA) is 78.4 Å². The molecule has 0 aliphatic rings. The van der Waals surface area contributed by atoms with Crippen LogP contribution < -0.4 is 10.6 Å². The van der Waals surface area contributed by atoms with Gasteiger partial charge in [0.25, 0.3) is 5.91 Å². The Balaban J connectivity index is 2.42. The first-order chi connectivity index (χ1) is 9.13. The smallest absolute Gasteiger partial charge is 0.251 e. The van der Waals surface area contributed by atoms with Gasteiger partial charge < -0.3 is 15.7 Å². The van der Waals surface area contributed by atoms with E-state index in [1.54, 1.807) is 12.1 Å². The lowest BCUT2D eigenvalue weighted by atomic mass is 10.1. The van der Waals surface area contributed by atoms with Gasteiger partial charge >= 0.3 is 0 Å². The summed E-state index contributed by atoms with van der Waals surface area (Å²) in [7, 11) is 0. The van der Waals surface area contributed by atoms with Gasteiger partial charge in [0.05, 0.1) is 0 Å². The maximum Gasteiger partial charge on any atom is 0.251 e. The summed E-state index contributed by atoms with van der Waals surface area (Å²) in [6.07, 6.45) is 1.46. The summed E-state index contributed by atoms with van der Waals surface area (Å²) in [5.74, 6) is -0.199. The molecule has 1 rings (SSSR count). The average Bonchev–Trinajstić information content (AvgIpc) is 2.41. The van der Waals surface area contributed by atoms with Crippen LogP contribution in [0.2, 0.25) is 0 Å². The lowest BCUT2D eigenvalue weighted by Crippen LogP contribution is -2.24. The summed E-state index contributed by atoms with van der Waals surface area (Å²) in [5, 5.41) is 14.1. The summed E-state index contributed by atoms with van der Waals surface area (Å²) in [5.41, 5.74) is 1.54. The van der Waals surface area contributed by atoms with Crippen molar-refractivity contribution in [2.45, 2.75) is 26.3 Å². The molecule has 5 heteroatoms. The van der Waals surface area contributed by atoms with Crippen LogP contribution in [-0.2, 0) is 11.3 Å². The first-order valence-corrected chi connectivity index (χ1v) is 6.36. The molecule has 3 N–H and O–H groups in total. The third-order valence-corrected chi connectivity index (χ3v) is 2.63. The Morgan fingerprint density at radius 1 is 1.11 bits per heavy atom. The van der Waals surface area contributed by atoms with Gasteiger partial charge in [0, 0.05) is 32.2 Å². The Bertz CT molecular complexity index is 415. The maximum absolute atomic E-state index is 11.7. The van der Waals surface area contributed by atoms with Crippen molar-refractivity contribution in [1.82, 2.24) is 10.6 Å². The van der Waals surface area contributed by atoms with Crippen LogP contribution >= 0.6 is 0 Å². The highest BCUT2D eigenvalue weighted by Crippen LogP contribution is 2.04. The van der Waals surface area contributed by atoms with E-state index in [1.165, 1.54) is 6.92 Å². The largest absolute Gasteiger partial charge is 0.396 e. The Labute approximate surface area is 113 Å². The number of aliphatic hydroxyl groups is 1. The fourth-order valence-electron chi connectivity index (χ4n) is 1.54. The van der Waals surface area contributed by atoms with Gasteiger partial charge in [0.2, 0.25) is 5.91 Å². The van der Waals surface area contributed by atoms with Crippen LogP contribution in [0.1, 0.15) is 35.7 Å². The van der Waals surface area contributed by atoms with Gasteiger partial charge in [-0.2, -0.15) is 0 Å². The number of hydrogen-bond donors (Lipinski definition) is 3. The maximum atomic E-state index is 11.7. The number of aliphatic hydroxyl groups excluding tert-OH is 1. The van der Waals surface area contributed by atoms with Crippen molar-refractivity contribution in [3.63, 3.8) is 0 Å². The first-order valence-electron chi connectivity index (χ1n) is 6.36. The number of amides is 2. The zero-order valence-corrected chi connectivity index (χ0v) is 11.1. The van der Waals surface area contributed by atoms with Crippen LogP contribution in [0.15, 0.2) is 24.3 Å². The second kappa shape index (κ2) is 8.26. The highest BCUT2D eigenvalue weighted by molar-refractivity contribution is 5.94. The van der Waals surface area contributed by atoms with Gasteiger partial charge in [-0.3, -0.25) is 9.59 Å². The van der Waals surface area contributed by atoms with E-state index < -0.39 is 0 Å². The Morgan fingerprint density at radius 3 is 2.37 bits per heavy atom. The molecule has 104 valence electrons. The van der Waals surface area contributed by atoms with Crippen molar-refractivity contribution < 1.29 is 14.7 Å². The summed E-state index contributed by atoms with van der Waals surface area (Å²) < 4.78 is 0. The minimum Gasteiger partial charge on any atom is -0.396 e. The molecule has 2 amide bonds. The van der Waals surface area contributed by atoms with Crippen LogP contribution in [0.3, 0.4) is 0 Å². The molecule has 1 aromatic carbocycles. The van der Waals surface area contributed by atoms with Crippen LogP contribution in [0.4, 0.5) is 0 Å². The van der Waals surface area contributed by atoms with Gasteiger partial charge in [0.15, 0.2) is 0 Å². The molecule has 0 atom stereocenters. The lowest BCUT2D eigenvalue weighted by Gasteiger charge is -2.06. The zero-order valence-electron chi connectivity index (χ0n) is 11.1. The molecule has 0 fully saturated rings. The SMILES string of the molecule is CC(=O)NCc1ccc(C(=O)NCCCCO)cc1. The molecule has 0 spiro atoms. The molecule has 19 heavy (non-hydrogen) atoms. The monoisotopic (exact) mass is 264 g/mol. The molecule has 0 saturated heterocycles. The molecule has 1 aromatic rings. The fraction of sp³-hybridized carbons (Fsp3) is 0.429. The molecule has 0 unspecified atom stereocenters. The summed E-state index contributed by atoms with van der Waals surface area (Å²) in [6.45, 7) is 2.64. The molecule has 0 aliphatic heterocycles. The first kappa shape index (κ1) is 15.2. The van der Waals surface area contributed by atoms with E-state index in [4.69, 9.17) is 5.11 Å². The third kappa shape index (κ3) is 6.01. The molecule has 0 bridgehead atoms. The Hall–Kier alpha value is -1.88. The van der Waals surface area contributed by atoms with E-state index in [2.05, 4.69) is 10.6 Å². The number of rotatable bonds is 7. The van der Waals surface area contributed by atoms with E-state index in [0.717, 1.165) is 12.0 Å². The fourth-order valence-corrected chi connectivity index (χ4v) is 1.54. The number of carbonyl (C=O) groups is 2. The van der Waals surface area contributed by atoms with Crippen molar-refractivity contribution in [1.29, 1.82) is 0 Å². The van der Waals surface area contributed by atoms with Gasteiger partial charge in [-0.1, -0.05) is 12.1 Å². The normalized spacial score (nSPS) is 10.0. The van der Waals surface area contributed by atoms with Gasteiger partial charge in [-0.05, 0) is 30.5 Å². The number of benzene rings is 1. The molecule has 0 aromatic heterocycles. The highest BCUT2D eigenvalue weighted by atomic mass is 16.3. The molecular formula is C14H20N2O3. The molecule has 0 heterocycles. The van der Waals surface area contributed by atoms with Crippen molar-refractivity contribution in [2.24, 2.45) is 0 Å². The summed E-state index contributed by atoms with van der Waals surface area (Å²) in [6, 6.07) is 7.11. The minimum absolute atomic E-state index is 0.0781. The number of unbranched alkanes of at least 4 members (excludes halogenated alkanes) is 1. The number of nitrogens with one attached hydrogen (secondary N) is 2. The predicted octanol–water partition coefficient (Wildman–Crippen LogP) is 0.825. The van der Waals surface area contributed by atoms with E-state index in [9.17, 15) is 9.59 Å². The van der Waals surface area contributed by atoms with E-state index in [-0.39, 0.29) is 18.4 Å². The number of hydrogen-bond acceptors (Lipinski definition) is 3. The lowest BCUT2D eigenvalue weighted by molar-refractivity contribution is -0.119. The Morgan fingerprint density at radius 2 is 1.79 bits per heavy atom. The molecule has 0 radical (unpaired) electrons. The summed E-state index contributed by atoms with van der Waals surface area (Å²) in [4.78, 5) is 22.5. The van der Waals surface area contributed by atoms with Crippen LogP contribution in [0, 0.1) is 0 Å². The zero-order chi connectivity index (χ0) is 14.1. The quantitative estimate of drug-likeness (QED) is 0.638. The standard InChI is InChI=1S/C14H20N2O3/c1-11(18)16-10-12-4-6-13(7-5-12)14(19)15-8-2-3-9-17/h4-7,17H,2-3,8-10H2,1H3,(H,15,19)(H,16,18). The number of carbonyl (C=O) groups excluding carboxylic acids is 2. The summed E-state index contributed by atoms with van der Waals surface area (Å²) >= 11 is 0. The predicted molar refractivity (Wildman–Crippen MR) is 72.6 cm³/mol. The molecular weight excluding hydrogens is 244 g/mol. The third-order valence-electron chi connectivity index (χ3n) is 2.63. The average molecular weight is 264 g/mol. The Kier molecular flexibility index (Phi) is 6.60. The van der Waals surface area contributed by atoms with Gasteiger partial charge in [-0.15, -0.1) is 0 Å². The minimum atomic E-state index is -0.121. The van der Waals surface area contributed by atoms with Crippen LogP contribution in [0.25, 0.3) is 0 Å². The molecule has 0 aliphatic carbocycles. The van der Waals surface area contributed by atoms with Gasteiger partial charge in [-0.25, -0.2) is 0 Å². The van der Waals surface area contributed by atoms with E-state index in [1.807, 2.05) is 12.1 Å². The van der Waals surface area contributed by atoms with Gasteiger partial charge in [0.1, 0.15) is 0 Å². The van der Waals surface area contributed by atoms with Crippen molar-refractivity contribution in [3.05, 3.63) is 35.4 Å². The molecule has 5 nitrogen and oxygen atoms in total. The second-order valence-electron chi connectivity index (χ2n) is 4.29. The van der Waals surface area contributed by atoms with E-state index >= 15 is 0 Å². The van der Waals surface area contributed by atoms with Crippen molar-refractivity contribution in [3.8, 4) is 0 Å². The van der Waals surface area contributed by atoms with Crippen LogP contribution in [0.5, 0.6) is 0 Å². The van der Waals surface area contributed by atoms with Crippen molar-refractivity contribution >= 4 is 11.8 Å².